The Morgan fingerprint density at radius 1 is 1.08 bits per heavy atom. The number of pyridine rings is 1. The molecule has 1 aromatic carbocycles. The molecule has 3 heterocycles. The number of aromatic nitrogens is 4. The maximum Gasteiger partial charge on any atom is 0.180 e. The average molecular weight is 354 g/mol. The van der Waals surface area contributed by atoms with E-state index in [0.717, 1.165) is 37.0 Å². The number of ether oxygens (including phenoxy) is 1. The van der Waals surface area contributed by atoms with Crippen molar-refractivity contribution in [1.29, 1.82) is 0 Å². The van der Waals surface area contributed by atoms with Crippen LogP contribution in [0.3, 0.4) is 0 Å². The first-order valence-corrected chi connectivity index (χ1v) is 8.97. The molecule has 0 unspecified atom stereocenters. The van der Waals surface area contributed by atoms with Gasteiger partial charge in [0.2, 0.25) is 0 Å². The van der Waals surface area contributed by atoms with Gasteiger partial charge in [-0.05, 0) is 55.1 Å². The van der Waals surface area contributed by atoms with E-state index in [1.165, 1.54) is 0 Å². The number of rotatable bonds is 4. The molecule has 0 aliphatic carbocycles. The highest BCUT2D eigenvalue weighted by Crippen LogP contribution is 2.37. The Labute approximate surface area is 147 Å². The minimum Gasteiger partial charge on any atom is -0.497 e. The molecule has 0 radical (unpaired) electrons. The van der Waals surface area contributed by atoms with Crippen LogP contribution >= 0.6 is 23.1 Å². The fraction of sp³-hybridized carbons (Fsp3) is 0.118. The Balaban J connectivity index is 1.85. The van der Waals surface area contributed by atoms with Gasteiger partial charge in [-0.25, -0.2) is 4.98 Å². The minimum absolute atomic E-state index is 0.830. The average Bonchev–Trinajstić information content (AvgIpc) is 3.19. The van der Waals surface area contributed by atoms with Gasteiger partial charge in [0.15, 0.2) is 4.34 Å². The van der Waals surface area contributed by atoms with Crippen molar-refractivity contribution in [2.45, 2.75) is 16.3 Å². The molecule has 0 bridgehead atoms. The number of hydrogen-bond donors (Lipinski definition) is 0. The second-order valence-electron chi connectivity index (χ2n) is 5.11. The van der Waals surface area contributed by atoms with Crippen molar-refractivity contribution in [1.82, 2.24) is 19.6 Å². The van der Waals surface area contributed by atoms with Gasteiger partial charge in [0.05, 0.1) is 7.11 Å². The van der Waals surface area contributed by atoms with Crippen molar-refractivity contribution in [3.63, 3.8) is 0 Å². The van der Waals surface area contributed by atoms with Crippen molar-refractivity contribution in [2.24, 2.45) is 0 Å². The van der Waals surface area contributed by atoms with Crippen molar-refractivity contribution >= 4 is 28.7 Å². The van der Waals surface area contributed by atoms with Gasteiger partial charge in [-0.2, -0.15) is 0 Å². The Morgan fingerprint density at radius 2 is 1.92 bits per heavy atom. The molecule has 5 nitrogen and oxygen atoms in total. The molecule has 0 aliphatic rings. The van der Waals surface area contributed by atoms with Crippen LogP contribution in [-0.2, 0) is 0 Å². The molecule has 0 N–H and O–H groups in total. The zero-order valence-corrected chi connectivity index (χ0v) is 14.8. The van der Waals surface area contributed by atoms with E-state index in [0.29, 0.717) is 0 Å². The Morgan fingerprint density at radius 3 is 2.62 bits per heavy atom. The lowest BCUT2D eigenvalue weighted by molar-refractivity contribution is 0.415. The third kappa shape index (κ3) is 2.76. The van der Waals surface area contributed by atoms with Crippen LogP contribution in [0.1, 0.15) is 5.01 Å². The molecule has 120 valence electrons. The summed E-state index contributed by atoms with van der Waals surface area (Å²) < 4.78 is 8.24. The number of benzene rings is 1. The smallest absolute Gasteiger partial charge is 0.180 e. The van der Waals surface area contributed by atoms with E-state index in [2.05, 4.69) is 14.6 Å². The van der Waals surface area contributed by atoms with E-state index in [1.54, 1.807) is 30.2 Å². The lowest BCUT2D eigenvalue weighted by Gasteiger charge is -2.04. The van der Waals surface area contributed by atoms with Gasteiger partial charge < -0.3 is 4.74 Å². The maximum absolute atomic E-state index is 5.25. The molecule has 0 spiro atoms. The van der Waals surface area contributed by atoms with Crippen molar-refractivity contribution in [3.8, 4) is 17.0 Å². The first-order chi connectivity index (χ1) is 11.7. The highest BCUT2D eigenvalue weighted by Gasteiger charge is 2.17. The van der Waals surface area contributed by atoms with Gasteiger partial charge in [-0.1, -0.05) is 17.4 Å². The second-order valence-corrected chi connectivity index (χ2v) is 7.53. The number of fused-ring (bicyclic) bond motifs is 1. The summed E-state index contributed by atoms with van der Waals surface area (Å²) in [5.41, 5.74) is 2.89. The highest BCUT2D eigenvalue weighted by molar-refractivity contribution is 8.01. The van der Waals surface area contributed by atoms with Gasteiger partial charge in [-0.15, -0.1) is 10.2 Å². The first kappa shape index (κ1) is 15.2. The summed E-state index contributed by atoms with van der Waals surface area (Å²) in [6, 6.07) is 13.9. The highest BCUT2D eigenvalue weighted by atomic mass is 32.2. The van der Waals surface area contributed by atoms with Gasteiger partial charge >= 0.3 is 0 Å². The number of methoxy groups -OCH3 is 1. The summed E-state index contributed by atoms with van der Waals surface area (Å²) in [6.45, 7) is 1.96. The molecule has 24 heavy (non-hydrogen) atoms. The Kier molecular flexibility index (Phi) is 3.95. The van der Waals surface area contributed by atoms with Gasteiger partial charge in [0.25, 0.3) is 0 Å². The number of hydrogen-bond acceptors (Lipinski definition) is 6. The molecule has 0 atom stereocenters. The normalized spacial score (nSPS) is 11.1. The van der Waals surface area contributed by atoms with Crippen LogP contribution in [0.5, 0.6) is 5.75 Å². The minimum atomic E-state index is 0.830. The van der Waals surface area contributed by atoms with Crippen LogP contribution in [0.2, 0.25) is 0 Å². The second kappa shape index (κ2) is 6.26. The Hall–Kier alpha value is -2.38. The zero-order chi connectivity index (χ0) is 16.5. The number of imidazole rings is 1. The Bertz CT molecular complexity index is 991. The SMILES string of the molecule is COc1ccc(-c2nc3ccccn3c2Sc2nnc(C)s2)cc1. The molecule has 0 fully saturated rings. The predicted molar refractivity (Wildman–Crippen MR) is 95.9 cm³/mol. The first-order valence-electron chi connectivity index (χ1n) is 7.34. The van der Waals surface area contributed by atoms with Gasteiger partial charge in [-0.3, -0.25) is 4.40 Å². The fourth-order valence-corrected chi connectivity index (χ4v) is 4.35. The predicted octanol–water partition coefficient (Wildman–Crippen LogP) is 4.32. The largest absolute Gasteiger partial charge is 0.497 e. The summed E-state index contributed by atoms with van der Waals surface area (Å²) in [5.74, 6) is 0.830. The molecular formula is C17H14N4OS2. The standard InChI is InChI=1S/C17H14N4OS2/c1-11-19-20-17(23-11)24-16-15(12-6-8-13(22-2)9-7-12)18-14-5-3-4-10-21(14)16/h3-10H,1-2H3. The fourth-order valence-electron chi connectivity index (χ4n) is 2.41. The quantitative estimate of drug-likeness (QED) is 0.546. The molecule has 7 heteroatoms. The summed E-state index contributed by atoms with van der Waals surface area (Å²) in [4.78, 5) is 4.80. The van der Waals surface area contributed by atoms with E-state index in [1.807, 2.05) is 55.6 Å². The molecule has 0 saturated heterocycles. The lowest BCUT2D eigenvalue weighted by atomic mass is 10.1. The number of nitrogens with zero attached hydrogens (tertiary/aromatic N) is 4. The van der Waals surface area contributed by atoms with Crippen LogP contribution in [0.15, 0.2) is 58.0 Å². The topological polar surface area (TPSA) is 52.3 Å². The summed E-state index contributed by atoms with van der Waals surface area (Å²) in [5, 5.41) is 10.3. The third-order valence-corrected chi connectivity index (χ3v) is 5.51. The van der Waals surface area contributed by atoms with Crippen molar-refractivity contribution in [2.75, 3.05) is 7.11 Å². The summed E-state index contributed by atoms with van der Waals surface area (Å²) >= 11 is 3.17. The number of aryl methyl sites for hydroxylation is 1. The molecule has 0 aliphatic heterocycles. The lowest BCUT2D eigenvalue weighted by Crippen LogP contribution is -1.87. The summed E-state index contributed by atoms with van der Waals surface area (Å²) in [7, 11) is 1.67. The van der Waals surface area contributed by atoms with Crippen LogP contribution < -0.4 is 4.74 Å². The maximum atomic E-state index is 5.25. The molecule has 4 rings (SSSR count). The molecule has 4 aromatic rings. The third-order valence-electron chi connectivity index (χ3n) is 3.54. The van der Waals surface area contributed by atoms with E-state index in [4.69, 9.17) is 9.72 Å². The van der Waals surface area contributed by atoms with Gasteiger partial charge in [0, 0.05) is 11.8 Å². The molecule has 0 amide bonds. The molecular weight excluding hydrogens is 340 g/mol. The van der Waals surface area contributed by atoms with Gasteiger partial charge in [0.1, 0.15) is 27.1 Å². The van der Waals surface area contributed by atoms with Crippen molar-refractivity contribution in [3.05, 3.63) is 53.7 Å². The zero-order valence-electron chi connectivity index (χ0n) is 13.1. The van der Waals surface area contributed by atoms with E-state index < -0.39 is 0 Å². The molecule has 0 saturated carbocycles. The summed E-state index contributed by atoms with van der Waals surface area (Å²) in [6.07, 6.45) is 2.02. The van der Waals surface area contributed by atoms with Crippen LogP contribution in [-0.4, -0.2) is 26.7 Å². The van der Waals surface area contributed by atoms with Crippen LogP contribution in [0.25, 0.3) is 16.9 Å². The van der Waals surface area contributed by atoms with Crippen LogP contribution in [0.4, 0.5) is 0 Å². The van der Waals surface area contributed by atoms with E-state index in [9.17, 15) is 0 Å². The van der Waals surface area contributed by atoms with Crippen molar-refractivity contribution < 1.29 is 4.74 Å². The van der Waals surface area contributed by atoms with E-state index in [-0.39, 0.29) is 0 Å². The van der Waals surface area contributed by atoms with E-state index >= 15 is 0 Å². The van der Waals surface area contributed by atoms with Crippen LogP contribution in [0, 0.1) is 6.92 Å². The molecule has 3 aromatic heterocycles. The monoisotopic (exact) mass is 354 g/mol.